The molecular formula is C25H23ClN2O2. The number of ether oxygens (including phenoxy) is 1. The molecule has 0 saturated carbocycles. The van der Waals surface area contributed by atoms with Crippen LogP contribution < -0.4 is 5.01 Å². The molecule has 3 aromatic carbocycles. The molecule has 0 fully saturated rings. The molecule has 0 spiro atoms. The number of hydrogen-bond donors (Lipinski definition) is 0. The SMILES string of the molecule is CC1(C)C(c2ccccc2)=NN(c2ccc(Cl)cc2)C1COC(=O)c1ccccc1. The molecule has 3 aromatic rings. The van der Waals surface area contributed by atoms with E-state index in [0.29, 0.717) is 10.6 Å². The molecule has 0 aliphatic carbocycles. The molecule has 0 saturated heterocycles. The van der Waals surface area contributed by atoms with Crippen LogP contribution in [0.3, 0.4) is 0 Å². The lowest BCUT2D eigenvalue weighted by Crippen LogP contribution is -2.44. The second-order valence-corrected chi connectivity index (χ2v) is 8.27. The van der Waals surface area contributed by atoms with Crippen LogP contribution in [0.5, 0.6) is 0 Å². The minimum Gasteiger partial charge on any atom is -0.460 e. The Balaban J connectivity index is 1.65. The van der Waals surface area contributed by atoms with Crippen molar-refractivity contribution >= 4 is 29.0 Å². The number of hydrogen-bond acceptors (Lipinski definition) is 4. The maximum atomic E-state index is 12.6. The Bertz CT molecular complexity index is 1050. The van der Waals surface area contributed by atoms with Crippen LogP contribution in [-0.2, 0) is 4.74 Å². The van der Waals surface area contributed by atoms with Gasteiger partial charge in [0.05, 0.1) is 23.0 Å². The first-order valence-corrected chi connectivity index (χ1v) is 10.3. The Morgan fingerprint density at radius 2 is 1.57 bits per heavy atom. The van der Waals surface area contributed by atoms with Gasteiger partial charge in [-0.25, -0.2) is 4.79 Å². The third-order valence-corrected chi connectivity index (χ3v) is 5.72. The molecule has 0 amide bonds. The quantitative estimate of drug-likeness (QED) is 0.490. The Kier molecular flexibility index (Phi) is 5.60. The maximum absolute atomic E-state index is 12.6. The first-order chi connectivity index (χ1) is 14.5. The summed E-state index contributed by atoms with van der Waals surface area (Å²) in [6, 6.07) is 26.5. The highest BCUT2D eigenvalue weighted by Gasteiger charge is 2.46. The smallest absolute Gasteiger partial charge is 0.338 e. The van der Waals surface area contributed by atoms with Gasteiger partial charge in [-0.3, -0.25) is 5.01 Å². The highest BCUT2D eigenvalue weighted by atomic mass is 35.5. The highest BCUT2D eigenvalue weighted by molar-refractivity contribution is 6.30. The number of esters is 1. The van der Waals surface area contributed by atoms with Crippen LogP contribution in [0, 0.1) is 5.41 Å². The van der Waals surface area contributed by atoms with Crippen LogP contribution in [0.25, 0.3) is 0 Å². The molecule has 1 aliphatic heterocycles. The van der Waals surface area contributed by atoms with Gasteiger partial charge in [-0.1, -0.05) is 74.0 Å². The van der Waals surface area contributed by atoms with Gasteiger partial charge in [0, 0.05) is 10.4 Å². The predicted molar refractivity (Wildman–Crippen MR) is 121 cm³/mol. The molecule has 152 valence electrons. The van der Waals surface area contributed by atoms with Crippen molar-refractivity contribution in [3.05, 3.63) is 101 Å². The molecule has 4 nitrogen and oxygen atoms in total. The van der Waals surface area contributed by atoms with Crippen LogP contribution in [0.4, 0.5) is 5.69 Å². The summed E-state index contributed by atoms with van der Waals surface area (Å²) in [6.07, 6.45) is 0. The first-order valence-electron chi connectivity index (χ1n) is 9.88. The molecule has 0 N–H and O–H groups in total. The average molecular weight is 419 g/mol. The van der Waals surface area contributed by atoms with E-state index in [1.165, 1.54) is 0 Å². The summed E-state index contributed by atoms with van der Waals surface area (Å²) in [5.74, 6) is -0.337. The minimum atomic E-state index is -0.349. The number of halogens is 1. The average Bonchev–Trinajstić information content (AvgIpc) is 3.04. The van der Waals surface area contributed by atoms with Gasteiger partial charge in [0.1, 0.15) is 6.61 Å². The lowest BCUT2D eigenvalue weighted by atomic mass is 9.78. The summed E-state index contributed by atoms with van der Waals surface area (Å²) < 4.78 is 5.73. The van der Waals surface area contributed by atoms with E-state index in [1.807, 2.05) is 65.7 Å². The van der Waals surface area contributed by atoms with Crippen molar-refractivity contribution in [2.45, 2.75) is 19.9 Å². The van der Waals surface area contributed by atoms with Gasteiger partial charge in [-0.15, -0.1) is 0 Å². The van der Waals surface area contributed by atoms with E-state index in [-0.39, 0.29) is 24.0 Å². The zero-order chi connectivity index (χ0) is 21.1. The van der Waals surface area contributed by atoms with E-state index in [9.17, 15) is 4.79 Å². The van der Waals surface area contributed by atoms with Gasteiger partial charge in [0.25, 0.3) is 0 Å². The van der Waals surface area contributed by atoms with Crippen LogP contribution in [0.2, 0.25) is 5.02 Å². The van der Waals surface area contributed by atoms with Crippen molar-refractivity contribution in [1.82, 2.24) is 0 Å². The summed E-state index contributed by atoms with van der Waals surface area (Å²) in [6.45, 7) is 4.48. The van der Waals surface area contributed by atoms with Gasteiger partial charge < -0.3 is 4.74 Å². The minimum absolute atomic E-state index is 0.165. The molecule has 1 heterocycles. The lowest BCUT2D eigenvalue weighted by Gasteiger charge is -2.32. The van der Waals surface area contributed by atoms with Gasteiger partial charge in [-0.05, 0) is 42.0 Å². The maximum Gasteiger partial charge on any atom is 0.338 e. The molecule has 1 aliphatic rings. The summed E-state index contributed by atoms with van der Waals surface area (Å²) in [4.78, 5) is 12.6. The second kappa shape index (κ2) is 8.33. The Morgan fingerprint density at radius 3 is 2.20 bits per heavy atom. The molecular weight excluding hydrogens is 396 g/mol. The van der Waals surface area contributed by atoms with Crippen LogP contribution in [0.1, 0.15) is 29.8 Å². The topological polar surface area (TPSA) is 41.9 Å². The Morgan fingerprint density at radius 1 is 0.967 bits per heavy atom. The molecule has 1 atom stereocenters. The van der Waals surface area contributed by atoms with Crippen molar-refractivity contribution in [3.8, 4) is 0 Å². The third-order valence-electron chi connectivity index (χ3n) is 5.47. The van der Waals surface area contributed by atoms with Crippen LogP contribution in [-0.4, -0.2) is 24.3 Å². The van der Waals surface area contributed by atoms with Gasteiger partial charge in [0.15, 0.2) is 0 Å². The molecule has 0 bridgehead atoms. The third kappa shape index (κ3) is 3.96. The molecule has 5 heteroatoms. The molecule has 4 rings (SSSR count). The van der Waals surface area contributed by atoms with Crippen LogP contribution >= 0.6 is 11.6 Å². The second-order valence-electron chi connectivity index (χ2n) is 7.84. The lowest BCUT2D eigenvalue weighted by molar-refractivity contribution is 0.0450. The van der Waals surface area contributed by atoms with E-state index in [2.05, 4.69) is 26.0 Å². The fourth-order valence-electron chi connectivity index (χ4n) is 3.72. The van der Waals surface area contributed by atoms with E-state index in [0.717, 1.165) is 17.0 Å². The largest absolute Gasteiger partial charge is 0.460 e. The predicted octanol–water partition coefficient (Wildman–Crippen LogP) is 5.82. The highest BCUT2D eigenvalue weighted by Crippen LogP contribution is 2.39. The molecule has 0 radical (unpaired) electrons. The molecule has 1 unspecified atom stereocenters. The van der Waals surface area contributed by atoms with Gasteiger partial charge >= 0.3 is 5.97 Å². The monoisotopic (exact) mass is 418 g/mol. The van der Waals surface area contributed by atoms with E-state index in [4.69, 9.17) is 21.4 Å². The fraction of sp³-hybridized carbons (Fsp3) is 0.200. The van der Waals surface area contributed by atoms with Gasteiger partial charge in [0.2, 0.25) is 0 Å². The van der Waals surface area contributed by atoms with Crippen molar-refractivity contribution in [2.24, 2.45) is 10.5 Å². The van der Waals surface area contributed by atoms with Gasteiger partial charge in [-0.2, -0.15) is 5.10 Å². The van der Waals surface area contributed by atoms with Crippen molar-refractivity contribution in [3.63, 3.8) is 0 Å². The van der Waals surface area contributed by atoms with E-state index >= 15 is 0 Å². The number of carbonyl (C=O) groups is 1. The number of rotatable bonds is 5. The standard InChI is InChI=1S/C25H23ClN2O2/c1-25(2)22(17-30-24(29)19-11-7-4-8-12-19)28(21-15-13-20(26)14-16-21)27-23(25)18-9-5-3-6-10-18/h3-16,22H,17H2,1-2H3. The van der Waals surface area contributed by atoms with E-state index < -0.39 is 0 Å². The zero-order valence-electron chi connectivity index (χ0n) is 17.0. The number of nitrogens with zero attached hydrogens (tertiary/aromatic N) is 2. The molecule has 30 heavy (non-hydrogen) atoms. The molecule has 0 aromatic heterocycles. The normalized spacial score (nSPS) is 17.5. The first kappa shape index (κ1) is 20.2. The van der Waals surface area contributed by atoms with Crippen molar-refractivity contribution in [1.29, 1.82) is 0 Å². The fourth-order valence-corrected chi connectivity index (χ4v) is 3.84. The summed E-state index contributed by atoms with van der Waals surface area (Å²) in [5.41, 5.74) is 3.10. The number of carbonyl (C=O) groups excluding carboxylic acids is 1. The number of benzene rings is 3. The number of hydrazone groups is 1. The number of anilines is 1. The van der Waals surface area contributed by atoms with Crippen LogP contribution in [0.15, 0.2) is 90.0 Å². The van der Waals surface area contributed by atoms with E-state index in [1.54, 1.807) is 12.1 Å². The van der Waals surface area contributed by atoms with Crippen molar-refractivity contribution in [2.75, 3.05) is 11.6 Å². The summed E-state index contributed by atoms with van der Waals surface area (Å²) in [7, 11) is 0. The Labute approximate surface area is 181 Å². The zero-order valence-corrected chi connectivity index (χ0v) is 17.7. The van der Waals surface area contributed by atoms with Crippen molar-refractivity contribution < 1.29 is 9.53 Å². The summed E-state index contributed by atoms with van der Waals surface area (Å²) in [5, 5.41) is 7.56. The Hall–Kier alpha value is -3.11. The summed E-state index contributed by atoms with van der Waals surface area (Å²) >= 11 is 6.08.